The van der Waals surface area contributed by atoms with Crippen molar-refractivity contribution in [3.8, 4) is 0 Å². The molecule has 1 aromatic carbocycles. The van der Waals surface area contributed by atoms with E-state index in [1.807, 2.05) is 6.07 Å². The number of sulfonamides is 1. The SMILES string of the molecule is CC1(C)CCC(NS(=O)(=O)c2ccc3c(c2)NCC3)CC1. The first kappa shape index (κ1) is 14.9. The Balaban J connectivity index is 1.72. The van der Waals surface area contributed by atoms with E-state index >= 15 is 0 Å². The number of rotatable bonds is 3. The fourth-order valence-corrected chi connectivity index (χ4v) is 4.57. The van der Waals surface area contributed by atoms with Gasteiger partial charge in [-0.05, 0) is 55.2 Å². The van der Waals surface area contributed by atoms with Gasteiger partial charge in [0.15, 0.2) is 0 Å². The monoisotopic (exact) mass is 308 g/mol. The van der Waals surface area contributed by atoms with Gasteiger partial charge >= 0.3 is 0 Å². The molecule has 0 saturated heterocycles. The highest BCUT2D eigenvalue weighted by Gasteiger charge is 2.29. The van der Waals surface area contributed by atoms with Gasteiger partial charge in [0.1, 0.15) is 0 Å². The van der Waals surface area contributed by atoms with Gasteiger partial charge in [0.05, 0.1) is 4.90 Å². The molecule has 1 fully saturated rings. The lowest BCUT2D eigenvalue weighted by Crippen LogP contribution is -2.39. The smallest absolute Gasteiger partial charge is 0.240 e. The van der Waals surface area contributed by atoms with Crippen LogP contribution in [0.1, 0.15) is 45.1 Å². The lowest BCUT2D eigenvalue weighted by Gasteiger charge is -2.34. The van der Waals surface area contributed by atoms with E-state index in [2.05, 4.69) is 23.9 Å². The van der Waals surface area contributed by atoms with Crippen molar-refractivity contribution >= 4 is 15.7 Å². The molecule has 1 saturated carbocycles. The molecule has 2 aliphatic rings. The minimum Gasteiger partial charge on any atom is -0.384 e. The van der Waals surface area contributed by atoms with Crippen molar-refractivity contribution < 1.29 is 8.42 Å². The zero-order valence-corrected chi connectivity index (χ0v) is 13.6. The quantitative estimate of drug-likeness (QED) is 0.902. The van der Waals surface area contributed by atoms with Crippen LogP contribution in [0.2, 0.25) is 0 Å². The van der Waals surface area contributed by atoms with E-state index in [9.17, 15) is 8.42 Å². The molecule has 0 spiro atoms. The molecule has 2 N–H and O–H groups in total. The van der Waals surface area contributed by atoms with E-state index in [1.54, 1.807) is 12.1 Å². The van der Waals surface area contributed by atoms with Crippen LogP contribution in [0, 0.1) is 5.41 Å². The van der Waals surface area contributed by atoms with Crippen molar-refractivity contribution in [2.24, 2.45) is 5.41 Å². The lowest BCUT2D eigenvalue weighted by atomic mass is 9.76. The molecule has 3 rings (SSSR count). The van der Waals surface area contributed by atoms with Gasteiger partial charge in [-0.1, -0.05) is 19.9 Å². The summed E-state index contributed by atoms with van der Waals surface area (Å²) < 4.78 is 27.9. The normalized spacial score (nSPS) is 21.8. The Morgan fingerprint density at radius 3 is 2.67 bits per heavy atom. The van der Waals surface area contributed by atoms with E-state index < -0.39 is 10.0 Å². The second kappa shape index (κ2) is 5.29. The fraction of sp³-hybridized carbons (Fsp3) is 0.625. The van der Waals surface area contributed by atoms with E-state index in [4.69, 9.17) is 0 Å². The van der Waals surface area contributed by atoms with Gasteiger partial charge in [-0.15, -0.1) is 0 Å². The second-order valence-electron chi connectivity index (χ2n) is 7.06. The van der Waals surface area contributed by atoms with Crippen LogP contribution in [0.3, 0.4) is 0 Å². The summed E-state index contributed by atoms with van der Waals surface area (Å²) in [6, 6.07) is 5.48. The van der Waals surface area contributed by atoms with Crippen molar-refractivity contribution in [2.45, 2.75) is 56.9 Å². The largest absolute Gasteiger partial charge is 0.384 e. The molecule has 0 aromatic heterocycles. The van der Waals surface area contributed by atoms with Gasteiger partial charge in [-0.3, -0.25) is 0 Å². The Hall–Kier alpha value is -1.07. The summed E-state index contributed by atoms with van der Waals surface area (Å²) in [5.41, 5.74) is 2.51. The van der Waals surface area contributed by atoms with Crippen LogP contribution in [0.15, 0.2) is 23.1 Å². The fourth-order valence-electron chi connectivity index (χ4n) is 3.24. The van der Waals surface area contributed by atoms with Crippen LogP contribution in [-0.2, 0) is 16.4 Å². The molecule has 4 nitrogen and oxygen atoms in total. The average molecular weight is 308 g/mol. The number of hydrogen-bond acceptors (Lipinski definition) is 3. The summed E-state index contributed by atoms with van der Waals surface area (Å²) in [6.07, 6.45) is 4.98. The highest BCUT2D eigenvalue weighted by atomic mass is 32.2. The molecular weight excluding hydrogens is 284 g/mol. The van der Waals surface area contributed by atoms with Gasteiger partial charge in [-0.25, -0.2) is 13.1 Å². The maximum absolute atomic E-state index is 12.5. The number of fused-ring (bicyclic) bond motifs is 1. The summed E-state index contributed by atoms with van der Waals surface area (Å²) in [5, 5.41) is 3.23. The Morgan fingerprint density at radius 2 is 1.95 bits per heavy atom. The first-order chi connectivity index (χ1) is 9.86. The van der Waals surface area contributed by atoms with E-state index in [0.717, 1.165) is 44.3 Å². The number of benzene rings is 1. The Kier molecular flexibility index (Phi) is 3.74. The zero-order valence-electron chi connectivity index (χ0n) is 12.8. The third-order valence-corrected chi connectivity index (χ3v) is 6.28. The average Bonchev–Trinajstić information content (AvgIpc) is 2.88. The Bertz CT molecular complexity index is 628. The molecule has 1 aromatic rings. The molecule has 1 heterocycles. The van der Waals surface area contributed by atoms with Gasteiger partial charge in [0.25, 0.3) is 0 Å². The third-order valence-electron chi connectivity index (χ3n) is 4.76. The van der Waals surface area contributed by atoms with Crippen LogP contribution in [-0.4, -0.2) is 21.0 Å². The number of nitrogens with one attached hydrogen (secondary N) is 2. The third kappa shape index (κ3) is 3.24. The molecule has 0 atom stereocenters. The highest BCUT2D eigenvalue weighted by molar-refractivity contribution is 7.89. The van der Waals surface area contributed by atoms with Crippen molar-refractivity contribution in [1.82, 2.24) is 4.72 Å². The number of anilines is 1. The van der Waals surface area contributed by atoms with Crippen LogP contribution < -0.4 is 10.0 Å². The Labute approximate surface area is 127 Å². The van der Waals surface area contributed by atoms with Gasteiger partial charge in [-0.2, -0.15) is 0 Å². The predicted octanol–water partition coefficient (Wildman–Crippen LogP) is 2.90. The molecule has 5 heteroatoms. The standard InChI is InChI=1S/C16H24N2O2S/c1-16(2)8-5-13(6-9-16)18-21(19,20)14-4-3-12-7-10-17-15(12)11-14/h3-4,11,13,17-18H,5-10H2,1-2H3. The first-order valence-electron chi connectivity index (χ1n) is 7.75. The van der Waals surface area contributed by atoms with Gasteiger partial charge in [0, 0.05) is 18.3 Å². The molecule has 1 aliphatic carbocycles. The molecule has 1 aliphatic heterocycles. The van der Waals surface area contributed by atoms with Crippen molar-refractivity contribution in [3.63, 3.8) is 0 Å². The minimum absolute atomic E-state index is 0.0734. The summed E-state index contributed by atoms with van der Waals surface area (Å²) in [4.78, 5) is 0.375. The van der Waals surface area contributed by atoms with E-state index in [1.165, 1.54) is 5.56 Å². The van der Waals surface area contributed by atoms with Crippen molar-refractivity contribution in [1.29, 1.82) is 0 Å². The topological polar surface area (TPSA) is 58.2 Å². The predicted molar refractivity (Wildman–Crippen MR) is 85.0 cm³/mol. The molecule has 0 bridgehead atoms. The second-order valence-corrected chi connectivity index (χ2v) is 8.77. The molecule has 116 valence electrons. The summed E-state index contributed by atoms with van der Waals surface area (Å²) in [7, 11) is -3.41. The molecule has 21 heavy (non-hydrogen) atoms. The first-order valence-corrected chi connectivity index (χ1v) is 9.23. The summed E-state index contributed by atoms with van der Waals surface area (Å²) in [6.45, 7) is 5.40. The molecule has 0 amide bonds. The van der Waals surface area contributed by atoms with Crippen LogP contribution in [0.25, 0.3) is 0 Å². The minimum atomic E-state index is -3.41. The maximum Gasteiger partial charge on any atom is 0.240 e. The van der Waals surface area contributed by atoms with Crippen LogP contribution in [0.4, 0.5) is 5.69 Å². The van der Waals surface area contributed by atoms with E-state index in [0.29, 0.717) is 10.3 Å². The van der Waals surface area contributed by atoms with Crippen molar-refractivity contribution in [3.05, 3.63) is 23.8 Å². The lowest BCUT2D eigenvalue weighted by molar-refractivity contribution is 0.218. The van der Waals surface area contributed by atoms with Gasteiger partial charge in [0.2, 0.25) is 10.0 Å². The highest BCUT2D eigenvalue weighted by Crippen LogP contribution is 2.35. The van der Waals surface area contributed by atoms with Crippen LogP contribution >= 0.6 is 0 Å². The zero-order chi connectivity index (χ0) is 15.1. The summed E-state index contributed by atoms with van der Waals surface area (Å²) >= 11 is 0. The number of hydrogen-bond donors (Lipinski definition) is 2. The molecular formula is C16H24N2O2S. The molecule has 0 unspecified atom stereocenters. The maximum atomic E-state index is 12.5. The van der Waals surface area contributed by atoms with Gasteiger partial charge < -0.3 is 5.32 Å². The Morgan fingerprint density at radius 1 is 1.24 bits per heavy atom. The molecule has 0 radical (unpaired) electrons. The van der Waals surface area contributed by atoms with Crippen molar-refractivity contribution in [2.75, 3.05) is 11.9 Å². The van der Waals surface area contributed by atoms with Crippen LogP contribution in [0.5, 0.6) is 0 Å². The summed E-state index contributed by atoms with van der Waals surface area (Å²) in [5.74, 6) is 0. The van der Waals surface area contributed by atoms with E-state index in [-0.39, 0.29) is 6.04 Å².